The second-order valence-electron chi connectivity index (χ2n) is 8.05. The summed E-state index contributed by atoms with van der Waals surface area (Å²) in [5.41, 5.74) is 3.37. The molecule has 1 fully saturated rings. The summed E-state index contributed by atoms with van der Waals surface area (Å²) in [5, 5.41) is 1.27. The zero-order valence-corrected chi connectivity index (χ0v) is 24.0. The molecule has 1 amide bonds. The Kier molecular flexibility index (Phi) is 8.15. The maximum atomic E-state index is 13.5. The number of anilines is 1. The van der Waals surface area contributed by atoms with E-state index in [4.69, 9.17) is 21.3 Å². The molecule has 4 aromatic carbocycles. The number of amides is 1. The topological polar surface area (TPSA) is 41.9 Å². The largest absolute Gasteiger partial charge is 0.487 e. The average Bonchev–Trinajstić information content (AvgIpc) is 3.18. The third-order valence-corrected chi connectivity index (χ3v) is 7.77. The van der Waals surface area contributed by atoms with E-state index in [0.717, 1.165) is 31.4 Å². The lowest BCUT2D eigenvalue weighted by molar-refractivity contribution is -0.113. The van der Waals surface area contributed by atoms with E-state index >= 15 is 0 Å². The summed E-state index contributed by atoms with van der Waals surface area (Å²) in [5.74, 6) is 0.546. The van der Waals surface area contributed by atoms with Crippen molar-refractivity contribution in [2.75, 3.05) is 4.90 Å². The molecule has 0 unspecified atom stereocenters. The van der Waals surface area contributed by atoms with E-state index in [1.54, 1.807) is 4.90 Å². The molecule has 0 aromatic heterocycles. The molecule has 4 aromatic rings. The lowest BCUT2D eigenvalue weighted by Gasteiger charge is -2.15. The van der Waals surface area contributed by atoms with Crippen LogP contribution >= 0.6 is 55.2 Å². The second-order valence-corrected chi connectivity index (χ2v) is 11.2. The SMILES string of the molecule is O=C1/C(=C\c2cc(Br)c(OCc3cccc(Cl)c3)c(Br)c2)SC(=Nc2ccccc2)N1c1ccccc1. The van der Waals surface area contributed by atoms with Crippen LogP contribution in [0.2, 0.25) is 5.02 Å². The molecular formula is C29H19Br2ClN2O2S. The number of hydrogen-bond donors (Lipinski definition) is 0. The molecular weight excluding hydrogens is 636 g/mol. The van der Waals surface area contributed by atoms with Gasteiger partial charge in [0.1, 0.15) is 12.4 Å². The summed E-state index contributed by atoms with van der Waals surface area (Å²) in [4.78, 5) is 20.5. The Morgan fingerprint density at radius 3 is 2.24 bits per heavy atom. The maximum Gasteiger partial charge on any atom is 0.271 e. The van der Waals surface area contributed by atoms with Gasteiger partial charge in [-0.2, -0.15) is 0 Å². The van der Waals surface area contributed by atoms with E-state index in [1.165, 1.54) is 11.8 Å². The first-order valence-corrected chi connectivity index (χ1v) is 14.0. The van der Waals surface area contributed by atoms with Crippen molar-refractivity contribution in [2.24, 2.45) is 4.99 Å². The Labute approximate surface area is 241 Å². The number of para-hydroxylation sites is 2. The molecule has 0 N–H and O–H groups in total. The molecule has 0 aliphatic carbocycles. The number of carbonyl (C=O) groups is 1. The quantitative estimate of drug-likeness (QED) is 0.195. The van der Waals surface area contributed by atoms with Crippen LogP contribution in [0.1, 0.15) is 11.1 Å². The highest BCUT2D eigenvalue weighted by Gasteiger charge is 2.34. The standard InChI is InChI=1S/C29H19Br2ClN2O2S/c30-24-15-20(16-25(31)27(24)36-18-19-8-7-9-21(32)14-19)17-26-28(35)34(23-12-5-2-6-13-23)29(37-26)33-22-10-3-1-4-11-22/h1-17H,18H2/b26-17+,33-29?. The van der Waals surface area contributed by atoms with Gasteiger partial charge in [0.25, 0.3) is 5.91 Å². The Morgan fingerprint density at radius 2 is 1.57 bits per heavy atom. The molecule has 0 radical (unpaired) electrons. The molecule has 5 rings (SSSR count). The monoisotopic (exact) mass is 652 g/mol. The molecule has 1 aliphatic heterocycles. The molecule has 1 saturated heterocycles. The smallest absolute Gasteiger partial charge is 0.271 e. The Balaban J connectivity index is 1.44. The van der Waals surface area contributed by atoms with Crippen molar-refractivity contribution in [1.82, 2.24) is 0 Å². The molecule has 0 bridgehead atoms. The summed E-state index contributed by atoms with van der Waals surface area (Å²) >= 11 is 14.7. The number of halogens is 3. The van der Waals surface area contributed by atoms with Crippen LogP contribution in [0, 0.1) is 0 Å². The lowest BCUT2D eigenvalue weighted by atomic mass is 10.2. The Bertz CT molecular complexity index is 1490. The van der Waals surface area contributed by atoms with Gasteiger partial charge in [0.15, 0.2) is 5.17 Å². The van der Waals surface area contributed by atoms with Gasteiger partial charge in [0, 0.05) is 5.02 Å². The first-order chi connectivity index (χ1) is 18.0. The highest BCUT2D eigenvalue weighted by atomic mass is 79.9. The highest BCUT2D eigenvalue weighted by Crippen LogP contribution is 2.40. The fourth-order valence-corrected chi connectivity index (χ4v) is 6.37. The van der Waals surface area contributed by atoms with Crippen molar-refractivity contribution in [3.63, 3.8) is 0 Å². The summed E-state index contributed by atoms with van der Waals surface area (Å²) in [6.07, 6.45) is 1.87. The fraction of sp³-hybridized carbons (Fsp3) is 0.0345. The number of rotatable bonds is 6. The van der Waals surface area contributed by atoms with Gasteiger partial charge in [0.05, 0.1) is 25.2 Å². The number of amidine groups is 1. The summed E-state index contributed by atoms with van der Waals surface area (Å²) in [7, 11) is 0. The number of hydrogen-bond acceptors (Lipinski definition) is 4. The van der Waals surface area contributed by atoms with Crippen LogP contribution in [0.5, 0.6) is 5.75 Å². The minimum absolute atomic E-state index is 0.126. The zero-order chi connectivity index (χ0) is 25.8. The van der Waals surface area contributed by atoms with E-state index in [-0.39, 0.29) is 5.91 Å². The van der Waals surface area contributed by atoms with Gasteiger partial charge in [-0.05, 0) is 109 Å². The van der Waals surface area contributed by atoms with E-state index in [9.17, 15) is 4.79 Å². The number of carbonyl (C=O) groups excluding carboxylic acids is 1. The van der Waals surface area contributed by atoms with Crippen LogP contribution in [0.15, 0.2) is 116 Å². The first-order valence-electron chi connectivity index (χ1n) is 11.3. The maximum absolute atomic E-state index is 13.5. The van der Waals surface area contributed by atoms with Crippen LogP contribution in [0.3, 0.4) is 0 Å². The number of aliphatic imine (C=N–C) groups is 1. The number of thioether (sulfide) groups is 1. The summed E-state index contributed by atoms with van der Waals surface area (Å²) in [6.45, 7) is 0.373. The number of nitrogens with zero attached hydrogens (tertiary/aromatic N) is 2. The van der Waals surface area contributed by atoms with E-state index in [0.29, 0.717) is 27.5 Å². The van der Waals surface area contributed by atoms with Crippen LogP contribution in [0.4, 0.5) is 11.4 Å². The van der Waals surface area contributed by atoms with Crippen molar-refractivity contribution in [1.29, 1.82) is 0 Å². The third kappa shape index (κ3) is 6.18. The van der Waals surface area contributed by atoms with E-state index in [2.05, 4.69) is 31.9 Å². The third-order valence-electron chi connectivity index (χ3n) is 5.39. The Hall–Kier alpha value is -2.84. The van der Waals surface area contributed by atoms with Crippen LogP contribution < -0.4 is 9.64 Å². The fourth-order valence-electron chi connectivity index (χ4n) is 3.70. The Morgan fingerprint density at radius 1 is 0.892 bits per heavy atom. The average molecular weight is 655 g/mol. The molecule has 0 spiro atoms. The predicted octanol–water partition coefficient (Wildman–Crippen LogP) is 9.25. The highest BCUT2D eigenvalue weighted by molar-refractivity contribution is 9.11. The van der Waals surface area contributed by atoms with Gasteiger partial charge in [-0.1, -0.05) is 60.1 Å². The normalized spacial score (nSPS) is 15.5. The van der Waals surface area contributed by atoms with Crippen molar-refractivity contribution in [2.45, 2.75) is 6.61 Å². The van der Waals surface area contributed by atoms with E-state index in [1.807, 2.05) is 103 Å². The van der Waals surface area contributed by atoms with Crippen molar-refractivity contribution < 1.29 is 9.53 Å². The molecule has 1 heterocycles. The van der Waals surface area contributed by atoms with Crippen LogP contribution in [0.25, 0.3) is 6.08 Å². The van der Waals surface area contributed by atoms with Gasteiger partial charge >= 0.3 is 0 Å². The van der Waals surface area contributed by atoms with Crippen molar-refractivity contribution in [3.8, 4) is 5.75 Å². The van der Waals surface area contributed by atoms with Gasteiger partial charge in [-0.25, -0.2) is 4.99 Å². The van der Waals surface area contributed by atoms with Gasteiger partial charge in [-0.3, -0.25) is 9.69 Å². The van der Waals surface area contributed by atoms with Gasteiger partial charge in [0.2, 0.25) is 0 Å². The summed E-state index contributed by atoms with van der Waals surface area (Å²) in [6, 6.07) is 30.6. The molecule has 37 heavy (non-hydrogen) atoms. The molecule has 8 heteroatoms. The van der Waals surface area contributed by atoms with Crippen molar-refractivity contribution >= 4 is 83.7 Å². The zero-order valence-electron chi connectivity index (χ0n) is 19.3. The van der Waals surface area contributed by atoms with Crippen LogP contribution in [-0.2, 0) is 11.4 Å². The van der Waals surface area contributed by atoms with Gasteiger partial charge in [-0.15, -0.1) is 0 Å². The molecule has 1 aliphatic rings. The van der Waals surface area contributed by atoms with Crippen molar-refractivity contribution in [3.05, 3.63) is 127 Å². The lowest BCUT2D eigenvalue weighted by Crippen LogP contribution is -2.28. The summed E-state index contributed by atoms with van der Waals surface area (Å²) < 4.78 is 7.58. The van der Waals surface area contributed by atoms with E-state index < -0.39 is 0 Å². The van der Waals surface area contributed by atoms with Gasteiger partial charge < -0.3 is 4.74 Å². The number of benzene rings is 4. The molecule has 0 atom stereocenters. The number of ether oxygens (including phenoxy) is 1. The molecule has 0 saturated carbocycles. The molecule has 184 valence electrons. The van der Waals surface area contributed by atoms with Crippen LogP contribution in [-0.4, -0.2) is 11.1 Å². The predicted molar refractivity (Wildman–Crippen MR) is 161 cm³/mol. The first kappa shape index (κ1) is 25.8. The molecule has 4 nitrogen and oxygen atoms in total. The minimum Gasteiger partial charge on any atom is -0.487 e. The second kappa shape index (κ2) is 11.7. The minimum atomic E-state index is -0.126.